The van der Waals surface area contributed by atoms with Gasteiger partial charge in [-0.25, -0.2) is 4.98 Å². The Balaban J connectivity index is 1.79. The fourth-order valence-corrected chi connectivity index (χ4v) is 2.55. The number of hydrogen-bond donors (Lipinski definition) is 3. The number of methoxy groups -OCH3 is 1. The minimum absolute atomic E-state index is 0.112. The molecule has 0 unspecified atom stereocenters. The van der Waals surface area contributed by atoms with Crippen LogP contribution in [0.5, 0.6) is 5.75 Å². The van der Waals surface area contributed by atoms with Crippen LogP contribution >= 0.6 is 27.5 Å². The molecule has 1 aromatic heterocycles. The van der Waals surface area contributed by atoms with Crippen molar-refractivity contribution in [1.29, 1.82) is 0 Å². The number of carbonyl (C=O) groups excluding carboxylic acids is 1. The second kappa shape index (κ2) is 8.70. The van der Waals surface area contributed by atoms with Crippen molar-refractivity contribution in [2.24, 2.45) is 0 Å². The summed E-state index contributed by atoms with van der Waals surface area (Å²) in [4.78, 5) is 20.0. The molecule has 0 saturated heterocycles. The first-order valence-corrected chi connectivity index (χ1v) is 8.32. The van der Waals surface area contributed by atoms with Gasteiger partial charge in [-0.3, -0.25) is 4.79 Å². The molecular weight excluding hydrogens is 398 g/mol. The van der Waals surface area contributed by atoms with Crippen LogP contribution in [0.25, 0.3) is 0 Å². The van der Waals surface area contributed by atoms with Gasteiger partial charge in [0.2, 0.25) is 5.95 Å². The number of nitrogens with one attached hydrogen (secondary N) is 2. The molecule has 2 aromatic rings. The van der Waals surface area contributed by atoms with E-state index in [1.807, 2.05) is 0 Å². The lowest BCUT2D eigenvalue weighted by molar-refractivity contribution is 0.0952. The predicted molar refractivity (Wildman–Crippen MR) is 97.6 cm³/mol. The quantitative estimate of drug-likeness (QED) is 0.475. The number of nitrogen functional groups attached to an aromatic ring is 1. The van der Waals surface area contributed by atoms with Crippen LogP contribution in [-0.4, -0.2) is 36.1 Å². The van der Waals surface area contributed by atoms with Gasteiger partial charge in [-0.15, -0.1) is 0 Å². The van der Waals surface area contributed by atoms with Crippen molar-refractivity contribution in [2.45, 2.75) is 6.42 Å². The summed E-state index contributed by atoms with van der Waals surface area (Å²) in [6.07, 6.45) is 0.703. The Morgan fingerprint density at radius 3 is 2.83 bits per heavy atom. The number of amides is 1. The van der Waals surface area contributed by atoms with E-state index < -0.39 is 0 Å². The third-order valence-corrected chi connectivity index (χ3v) is 3.96. The van der Waals surface area contributed by atoms with E-state index in [-0.39, 0.29) is 17.0 Å². The van der Waals surface area contributed by atoms with Crippen LogP contribution in [0.4, 0.5) is 11.8 Å². The summed E-state index contributed by atoms with van der Waals surface area (Å²) in [6.45, 7) is 1.11. The number of rotatable bonds is 7. The molecule has 2 rings (SSSR count). The van der Waals surface area contributed by atoms with Crippen LogP contribution < -0.4 is 21.1 Å². The normalized spacial score (nSPS) is 10.3. The minimum Gasteiger partial charge on any atom is -0.497 e. The third-order valence-electron chi connectivity index (χ3n) is 3.08. The number of nitrogens with zero attached hydrogens (tertiary/aromatic N) is 2. The Morgan fingerprint density at radius 1 is 1.33 bits per heavy atom. The molecule has 1 heterocycles. The fourth-order valence-electron chi connectivity index (χ4n) is 1.93. The molecule has 1 amide bonds. The van der Waals surface area contributed by atoms with Gasteiger partial charge in [-0.05, 0) is 40.5 Å². The molecule has 4 N–H and O–H groups in total. The van der Waals surface area contributed by atoms with Crippen molar-refractivity contribution in [3.05, 3.63) is 39.5 Å². The molecular formula is C15H17BrClN5O2. The number of halogens is 2. The molecule has 0 bridgehead atoms. The maximum Gasteiger partial charge on any atom is 0.252 e. The van der Waals surface area contributed by atoms with Gasteiger partial charge >= 0.3 is 0 Å². The molecule has 0 saturated carbocycles. The number of nitrogens with two attached hydrogens (primary N) is 1. The lowest BCUT2D eigenvalue weighted by Gasteiger charge is -2.09. The van der Waals surface area contributed by atoms with Crippen LogP contribution in [-0.2, 0) is 0 Å². The van der Waals surface area contributed by atoms with E-state index >= 15 is 0 Å². The van der Waals surface area contributed by atoms with E-state index in [0.29, 0.717) is 41.1 Å². The monoisotopic (exact) mass is 413 g/mol. The van der Waals surface area contributed by atoms with Crippen LogP contribution in [0.3, 0.4) is 0 Å². The summed E-state index contributed by atoms with van der Waals surface area (Å²) >= 11 is 9.16. The van der Waals surface area contributed by atoms with Crippen molar-refractivity contribution in [1.82, 2.24) is 15.3 Å². The van der Waals surface area contributed by atoms with E-state index in [0.717, 1.165) is 0 Å². The smallest absolute Gasteiger partial charge is 0.252 e. The van der Waals surface area contributed by atoms with Gasteiger partial charge in [0.25, 0.3) is 5.91 Å². The molecule has 0 fully saturated rings. The van der Waals surface area contributed by atoms with Crippen LogP contribution in [0, 0.1) is 0 Å². The van der Waals surface area contributed by atoms with Gasteiger partial charge in [0.1, 0.15) is 16.7 Å². The summed E-state index contributed by atoms with van der Waals surface area (Å²) in [5.41, 5.74) is 6.04. The van der Waals surface area contributed by atoms with Crippen LogP contribution in [0.2, 0.25) is 5.15 Å². The average molecular weight is 415 g/mol. The Morgan fingerprint density at radius 2 is 2.12 bits per heavy atom. The van der Waals surface area contributed by atoms with Crippen molar-refractivity contribution in [3.63, 3.8) is 0 Å². The Labute approximate surface area is 153 Å². The summed E-state index contributed by atoms with van der Waals surface area (Å²) < 4.78 is 5.84. The number of benzene rings is 1. The van der Waals surface area contributed by atoms with Gasteiger partial charge in [0.15, 0.2) is 0 Å². The van der Waals surface area contributed by atoms with E-state index in [1.54, 1.807) is 31.4 Å². The second-order valence-electron chi connectivity index (χ2n) is 4.82. The lowest BCUT2D eigenvalue weighted by atomic mass is 10.2. The van der Waals surface area contributed by atoms with Gasteiger partial charge in [0.05, 0.1) is 12.7 Å². The van der Waals surface area contributed by atoms with E-state index in [4.69, 9.17) is 22.1 Å². The molecule has 0 atom stereocenters. The fraction of sp³-hybridized carbons (Fsp3) is 0.267. The first kappa shape index (κ1) is 18.3. The zero-order valence-corrected chi connectivity index (χ0v) is 15.3. The Bertz CT molecular complexity index is 709. The number of aromatic nitrogens is 2. The number of anilines is 2. The molecule has 0 aliphatic heterocycles. The molecule has 7 nitrogen and oxygen atoms in total. The molecule has 128 valence electrons. The highest BCUT2D eigenvalue weighted by atomic mass is 79.9. The van der Waals surface area contributed by atoms with Crippen molar-refractivity contribution >= 4 is 45.2 Å². The van der Waals surface area contributed by atoms with Crippen molar-refractivity contribution < 1.29 is 9.53 Å². The standard InChI is InChI=1S/C15H17BrClN5O2/c1-24-9-3-4-11(16)10(7-9)14(23)20-6-2-5-19-13-8-12(17)21-15(18)22-13/h3-4,7-8H,2,5-6H2,1H3,(H,20,23)(H3,18,19,21,22). The molecule has 0 aliphatic rings. The van der Waals surface area contributed by atoms with Gasteiger partial charge in [-0.1, -0.05) is 11.6 Å². The van der Waals surface area contributed by atoms with Gasteiger partial charge in [0, 0.05) is 23.6 Å². The maximum atomic E-state index is 12.2. The highest BCUT2D eigenvalue weighted by Crippen LogP contribution is 2.22. The maximum absolute atomic E-state index is 12.2. The highest BCUT2D eigenvalue weighted by molar-refractivity contribution is 9.10. The average Bonchev–Trinajstić information content (AvgIpc) is 2.54. The first-order valence-electron chi connectivity index (χ1n) is 7.15. The van der Waals surface area contributed by atoms with Crippen molar-refractivity contribution in [3.8, 4) is 5.75 Å². The van der Waals surface area contributed by atoms with Gasteiger partial charge < -0.3 is 21.1 Å². The summed E-state index contributed by atoms with van der Waals surface area (Å²) in [5, 5.41) is 6.20. The largest absolute Gasteiger partial charge is 0.497 e. The SMILES string of the molecule is COc1ccc(Br)c(C(=O)NCCCNc2cc(Cl)nc(N)n2)c1. The molecule has 1 aromatic carbocycles. The minimum atomic E-state index is -0.171. The highest BCUT2D eigenvalue weighted by Gasteiger charge is 2.10. The Kier molecular flexibility index (Phi) is 6.62. The van der Waals surface area contributed by atoms with E-state index in [9.17, 15) is 4.79 Å². The molecule has 0 radical (unpaired) electrons. The topological polar surface area (TPSA) is 102 Å². The molecule has 0 spiro atoms. The summed E-state index contributed by atoms with van der Waals surface area (Å²) in [7, 11) is 1.56. The lowest BCUT2D eigenvalue weighted by Crippen LogP contribution is -2.26. The molecule has 0 aliphatic carbocycles. The number of carbonyl (C=O) groups is 1. The summed E-state index contributed by atoms with van der Waals surface area (Å²) in [5.74, 6) is 1.12. The first-order chi connectivity index (χ1) is 11.5. The molecule has 9 heteroatoms. The zero-order valence-electron chi connectivity index (χ0n) is 13.0. The van der Waals surface area contributed by atoms with E-state index in [1.165, 1.54) is 0 Å². The molecule has 24 heavy (non-hydrogen) atoms. The number of ether oxygens (including phenoxy) is 1. The Hall–Kier alpha value is -2.06. The van der Waals surface area contributed by atoms with Crippen molar-refractivity contribution in [2.75, 3.05) is 31.2 Å². The predicted octanol–water partition coefficient (Wildman–Crippen LogP) is 2.72. The zero-order chi connectivity index (χ0) is 17.5. The van der Waals surface area contributed by atoms with E-state index in [2.05, 4.69) is 36.5 Å². The number of hydrogen-bond acceptors (Lipinski definition) is 6. The second-order valence-corrected chi connectivity index (χ2v) is 6.06. The van der Waals surface area contributed by atoms with Crippen LogP contribution in [0.1, 0.15) is 16.8 Å². The summed E-state index contributed by atoms with van der Waals surface area (Å²) in [6, 6.07) is 6.83. The third kappa shape index (κ3) is 5.24. The van der Waals surface area contributed by atoms with Crippen LogP contribution in [0.15, 0.2) is 28.7 Å². The van der Waals surface area contributed by atoms with Gasteiger partial charge in [-0.2, -0.15) is 4.98 Å².